The quantitative estimate of drug-likeness (QED) is 0.930. The highest BCUT2D eigenvalue weighted by atomic mass is 35.5. The number of hydrogen-bond acceptors (Lipinski definition) is 3. The number of thioether (sulfide) groups is 1. The zero-order chi connectivity index (χ0) is 14.8. The summed E-state index contributed by atoms with van der Waals surface area (Å²) in [6.07, 6.45) is 0.267. The molecule has 0 aliphatic carbocycles. The van der Waals surface area contributed by atoms with Crippen LogP contribution in [0, 0.1) is 5.82 Å². The molecule has 3 rings (SSSR count). The Kier molecular flexibility index (Phi) is 4.38. The maximum atomic E-state index is 13.9. The van der Waals surface area contributed by atoms with Crippen LogP contribution in [-0.4, -0.2) is 17.9 Å². The summed E-state index contributed by atoms with van der Waals surface area (Å²) in [5.41, 5.74) is 6.74. The third kappa shape index (κ3) is 3.18. The third-order valence-corrected chi connectivity index (χ3v) is 4.93. The number of fused-ring (bicyclic) bond motifs is 1. The monoisotopic (exact) mass is 323 g/mol. The fourth-order valence-corrected chi connectivity index (χ4v) is 3.62. The molecule has 2 N–H and O–H groups in total. The van der Waals surface area contributed by atoms with Crippen molar-refractivity contribution in [1.29, 1.82) is 0 Å². The first-order valence-corrected chi connectivity index (χ1v) is 8.08. The molecule has 110 valence electrons. The fourth-order valence-electron chi connectivity index (χ4n) is 2.34. The summed E-state index contributed by atoms with van der Waals surface area (Å²) < 4.78 is 19.9. The van der Waals surface area contributed by atoms with Gasteiger partial charge >= 0.3 is 0 Å². The first kappa shape index (κ1) is 14.7. The molecule has 1 aliphatic rings. The number of halogens is 2. The van der Waals surface area contributed by atoms with E-state index in [1.807, 2.05) is 24.3 Å². The summed E-state index contributed by atoms with van der Waals surface area (Å²) in [5, 5.41) is 0.129. The summed E-state index contributed by atoms with van der Waals surface area (Å²) in [6.45, 7) is 0. The second kappa shape index (κ2) is 6.26. The van der Waals surface area contributed by atoms with Gasteiger partial charge in [-0.15, -0.1) is 11.8 Å². The predicted molar refractivity (Wildman–Crippen MR) is 84.7 cm³/mol. The highest BCUT2D eigenvalue weighted by molar-refractivity contribution is 7.99. The fraction of sp³-hybridized carbons (Fsp3) is 0.250. The van der Waals surface area contributed by atoms with Crippen molar-refractivity contribution in [3.8, 4) is 5.75 Å². The lowest BCUT2D eigenvalue weighted by molar-refractivity contribution is 0.183. The van der Waals surface area contributed by atoms with Gasteiger partial charge < -0.3 is 10.5 Å². The van der Waals surface area contributed by atoms with Crippen LogP contribution in [0.3, 0.4) is 0 Å². The molecule has 0 saturated heterocycles. The lowest BCUT2D eigenvalue weighted by Crippen LogP contribution is -2.43. The Morgan fingerprint density at radius 3 is 2.95 bits per heavy atom. The average molecular weight is 324 g/mol. The van der Waals surface area contributed by atoms with Crippen molar-refractivity contribution in [2.75, 3.05) is 5.75 Å². The van der Waals surface area contributed by atoms with Gasteiger partial charge in [0.05, 0.1) is 5.02 Å². The van der Waals surface area contributed by atoms with Crippen molar-refractivity contribution < 1.29 is 9.13 Å². The zero-order valence-electron chi connectivity index (χ0n) is 11.3. The van der Waals surface area contributed by atoms with E-state index >= 15 is 0 Å². The molecule has 0 saturated carbocycles. The Balaban J connectivity index is 1.72. The van der Waals surface area contributed by atoms with Crippen LogP contribution in [0.2, 0.25) is 5.02 Å². The highest BCUT2D eigenvalue weighted by Gasteiger charge is 2.26. The van der Waals surface area contributed by atoms with Crippen LogP contribution in [0.15, 0.2) is 47.4 Å². The summed E-state index contributed by atoms with van der Waals surface area (Å²) in [7, 11) is 0. The molecule has 0 spiro atoms. The zero-order valence-corrected chi connectivity index (χ0v) is 12.8. The van der Waals surface area contributed by atoms with Crippen LogP contribution in [0.25, 0.3) is 0 Å². The van der Waals surface area contributed by atoms with Gasteiger partial charge in [-0.2, -0.15) is 0 Å². The van der Waals surface area contributed by atoms with Gasteiger partial charge in [-0.05, 0) is 30.2 Å². The molecule has 1 heterocycles. The molecule has 0 aromatic heterocycles. The van der Waals surface area contributed by atoms with Crippen molar-refractivity contribution >= 4 is 23.4 Å². The Morgan fingerprint density at radius 1 is 1.29 bits per heavy atom. The van der Waals surface area contributed by atoms with Crippen LogP contribution in [0.4, 0.5) is 4.39 Å². The van der Waals surface area contributed by atoms with E-state index in [4.69, 9.17) is 22.1 Å². The Bertz CT molecular complexity index is 652. The Labute approximate surface area is 132 Å². The maximum absolute atomic E-state index is 13.9. The largest absolute Gasteiger partial charge is 0.487 e. The van der Waals surface area contributed by atoms with Gasteiger partial charge in [-0.3, -0.25) is 0 Å². The molecule has 1 aliphatic heterocycles. The molecule has 2 aromatic rings. The second-order valence-electron chi connectivity index (χ2n) is 4.99. The lowest BCUT2D eigenvalue weighted by atomic mass is 10.0. The molecule has 0 fully saturated rings. The number of hydrogen-bond donors (Lipinski definition) is 1. The topological polar surface area (TPSA) is 35.2 Å². The minimum absolute atomic E-state index is 0.129. The maximum Gasteiger partial charge on any atom is 0.145 e. The SMILES string of the molecule is NC(Cc1cccc(Cl)c1F)C1CSc2ccccc2O1. The third-order valence-electron chi connectivity index (χ3n) is 3.50. The first-order valence-electron chi connectivity index (χ1n) is 6.72. The van der Waals surface area contributed by atoms with Crippen LogP contribution in [0.1, 0.15) is 5.56 Å². The van der Waals surface area contributed by atoms with Gasteiger partial charge in [0.15, 0.2) is 0 Å². The summed E-state index contributed by atoms with van der Waals surface area (Å²) >= 11 is 7.52. The molecular weight excluding hydrogens is 309 g/mol. The molecule has 5 heteroatoms. The number of ether oxygens (including phenoxy) is 1. The van der Waals surface area contributed by atoms with E-state index in [1.165, 1.54) is 6.07 Å². The van der Waals surface area contributed by atoms with E-state index in [-0.39, 0.29) is 17.2 Å². The van der Waals surface area contributed by atoms with E-state index in [1.54, 1.807) is 23.9 Å². The number of benzene rings is 2. The minimum Gasteiger partial charge on any atom is -0.487 e. The predicted octanol–water partition coefficient (Wildman–Crippen LogP) is 3.90. The molecule has 2 unspecified atom stereocenters. The van der Waals surface area contributed by atoms with E-state index in [9.17, 15) is 4.39 Å². The van der Waals surface area contributed by atoms with Crippen molar-refractivity contribution in [1.82, 2.24) is 0 Å². The second-order valence-corrected chi connectivity index (χ2v) is 6.46. The normalized spacial score (nSPS) is 18.7. The molecule has 21 heavy (non-hydrogen) atoms. The van der Waals surface area contributed by atoms with Gasteiger partial charge in [0.1, 0.15) is 17.7 Å². The molecule has 0 bridgehead atoms. The summed E-state index contributed by atoms with van der Waals surface area (Å²) in [4.78, 5) is 1.12. The van der Waals surface area contributed by atoms with Crippen LogP contribution in [-0.2, 0) is 6.42 Å². The van der Waals surface area contributed by atoms with Gasteiger partial charge in [0, 0.05) is 16.7 Å². The number of para-hydroxylation sites is 1. The van der Waals surface area contributed by atoms with Crippen molar-refractivity contribution in [2.45, 2.75) is 23.5 Å². The van der Waals surface area contributed by atoms with E-state index < -0.39 is 5.82 Å². The summed E-state index contributed by atoms with van der Waals surface area (Å²) in [6, 6.07) is 12.6. The molecule has 0 amide bonds. The highest BCUT2D eigenvalue weighted by Crippen LogP contribution is 2.35. The standard InChI is InChI=1S/C16H15ClFNOS/c17-11-5-3-4-10(16(11)18)8-12(19)14-9-21-15-7-2-1-6-13(15)20-14/h1-7,12,14H,8-9,19H2. The Hall–Kier alpha value is -1.23. The van der Waals surface area contributed by atoms with Gasteiger partial charge in [-0.1, -0.05) is 35.9 Å². The van der Waals surface area contributed by atoms with Crippen LogP contribution >= 0.6 is 23.4 Å². The molecule has 2 aromatic carbocycles. The van der Waals surface area contributed by atoms with E-state index in [0.717, 1.165) is 16.4 Å². The van der Waals surface area contributed by atoms with Gasteiger partial charge in [0.2, 0.25) is 0 Å². The Morgan fingerprint density at radius 2 is 2.10 bits per heavy atom. The van der Waals surface area contributed by atoms with Crippen LogP contribution < -0.4 is 10.5 Å². The molecular formula is C16H15ClFNOS. The molecule has 0 radical (unpaired) electrons. The number of nitrogens with two attached hydrogens (primary N) is 1. The van der Waals surface area contributed by atoms with Gasteiger partial charge in [0.25, 0.3) is 0 Å². The number of rotatable bonds is 3. The van der Waals surface area contributed by atoms with Crippen molar-refractivity contribution in [3.05, 3.63) is 58.9 Å². The smallest absolute Gasteiger partial charge is 0.145 e. The molecule has 2 atom stereocenters. The average Bonchev–Trinajstić information content (AvgIpc) is 2.51. The lowest BCUT2D eigenvalue weighted by Gasteiger charge is -2.30. The van der Waals surface area contributed by atoms with Crippen molar-refractivity contribution in [3.63, 3.8) is 0 Å². The van der Waals surface area contributed by atoms with Crippen LogP contribution in [0.5, 0.6) is 5.75 Å². The minimum atomic E-state index is -0.390. The summed E-state index contributed by atoms with van der Waals surface area (Å²) in [5.74, 6) is 1.22. The van der Waals surface area contributed by atoms with Gasteiger partial charge in [-0.25, -0.2) is 4.39 Å². The first-order chi connectivity index (χ1) is 10.1. The molecule has 2 nitrogen and oxygen atoms in total. The van der Waals surface area contributed by atoms with E-state index in [2.05, 4.69) is 0 Å². The van der Waals surface area contributed by atoms with E-state index in [0.29, 0.717) is 12.0 Å². The van der Waals surface area contributed by atoms with Crippen molar-refractivity contribution in [2.24, 2.45) is 5.73 Å².